The lowest BCUT2D eigenvalue weighted by Crippen LogP contribution is -2.53. The Kier molecular flexibility index (Phi) is 2.65. The molecule has 0 saturated carbocycles. The van der Waals surface area contributed by atoms with Crippen molar-refractivity contribution in [2.24, 2.45) is 0 Å². The van der Waals surface area contributed by atoms with Gasteiger partial charge in [-0.25, -0.2) is 0 Å². The summed E-state index contributed by atoms with van der Waals surface area (Å²) in [6.07, 6.45) is -0.583. The van der Waals surface area contributed by atoms with E-state index in [0.29, 0.717) is 0 Å². The van der Waals surface area contributed by atoms with E-state index < -0.39 is 6.10 Å². The number of carbonyl (C=O) groups excluding carboxylic acids is 2. The molecule has 2 amide bonds. The highest BCUT2D eigenvalue weighted by molar-refractivity contribution is 5.92. The average molecular weight is 172 g/mol. The fraction of sp³-hybridized carbons (Fsp3) is 0.714. The maximum Gasteiger partial charge on any atom is 0.242 e. The quantitative estimate of drug-likeness (QED) is 0.523. The van der Waals surface area contributed by atoms with Gasteiger partial charge in [-0.3, -0.25) is 9.59 Å². The van der Waals surface area contributed by atoms with Crippen LogP contribution in [0.4, 0.5) is 0 Å². The zero-order chi connectivity index (χ0) is 9.14. The fourth-order valence-electron chi connectivity index (χ4n) is 1.09. The molecule has 0 bridgehead atoms. The number of amides is 2. The number of carbonyl (C=O) groups is 2. The Hall–Kier alpha value is -1.10. The Bertz CT molecular complexity index is 203. The van der Waals surface area contributed by atoms with Gasteiger partial charge in [0, 0.05) is 6.54 Å². The lowest BCUT2D eigenvalue weighted by atomic mass is 10.3. The van der Waals surface area contributed by atoms with Crippen molar-refractivity contribution in [3.63, 3.8) is 0 Å². The van der Waals surface area contributed by atoms with Crippen LogP contribution in [0, 0.1) is 0 Å². The van der Waals surface area contributed by atoms with Crippen LogP contribution >= 0.6 is 0 Å². The lowest BCUT2D eigenvalue weighted by Gasteiger charge is -2.27. The maximum absolute atomic E-state index is 11.1. The molecule has 1 aliphatic rings. The first-order valence-electron chi connectivity index (χ1n) is 3.82. The van der Waals surface area contributed by atoms with Gasteiger partial charge in [-0.1, -0.05) is 0 Å². The molecule has 12 heavy (non-hydrogen) atoms. The molecule has 0 aliphatic carbocycles. The van der Waals surface area contributed by atoms with E-state index in [9.17, 15) is 9.59 Å². The summed E-state index contributed by atoms with van der Waals surface area (Å²) in [6.45, 7) is 1.92. The predicted molar refractivity (Wildman–Crippen MR) is 41.3 cm³/mol. The molecule has 1 unspecified atom stereocenters. The van der Waals surface area contributed by atoms with Crippen molar-refractivity contribution in [2.45, 2.75) is 13.0 Å². The normalized spacial score (nSPS) is 20.7. The second-order valence-electron chi connectivity index (χ2n) is 2.90. The standard InChI is InChI=1S/C7H12N2O3/c1-5(10)3-9-4-6(11)8-2-7(9)12/h5,10H,2-4H2,1H3,(H,8,11). The highest BCUT2D eigenvalue weighted by atomic mass is 16.3. The molecule has 1 aliphatic heterocycles. The first-order chi connectivity index (χ1) is 5.59. The zero-order valence-corrected chi connectivity index (χ0v) is 6.91. The van der Waals surface area contributed by atoms with Crippen molar-refractivity contribution in [1.82, 2.24) is 10.2 Å². The summed E-state index contributed by atoms with van der Waals surface area (Å²) in [5, 5.41) is 11.4. The molecule has 0 spiro atoms. The van der Waals surface area contributed by atoms with E-state index >= 15 is 0 Å². The van der Waals surface area contributed by atoms with Gasteiger partial charge in [-0.15, -0.1) is 0 Å². The Balaban J connectivity index is 2.49. The minimum atomic E-state index is -0.583. The summed E-state index contributed by atoms with van der Waals surface area (Å²) in [5.74, 6) is -0.314. The van der Waals surface area contributed by atoms with Crippen LogP contribution in [-0.2, 0) is 9.59 Å². The Morgan fingerprint density at radius 3 is 2.92 bits per heavy atom. The van der Waals surface area contributed by atoms with Gasteiger partial charge in [0.05, 0.1) is 19.2 Å². The summed E-state index contributed by atoms with van der Waals surface area (Å²) in [4.78, 5) is 23.2. The van der Waals surface area contributed by atoms with Crippen LogP contribution in [0.15, 0.2) is 0 Å². The van der Waals surface area contributed by atoms with E-state index in [2.05, 4.69) is 5.32 Å². The number of β-amino-alcohol motifs (C(OH)–C–C–N with tert-alkyl or cyclic N) is 1. The topological polar surface area (TPSA) is 69.6 Å². The summed E-state index contributed by atoms with van der Waals surface area (Å²) < 4.78 is 0. The van der Waals surface area contributed by atoms with Gasteiger partial charge in [0.25, 0.3) is 0 Å². The highest BCUT2D eigenvalue weighted by Crippen LogP contribution is 1.96. The Morgan fingerprint density at radius 2 is 2.33 bits per heavy atom. The highest BCUT2D eigenvalue weighted by Gasteiger charge is 2.23. The van der Waals surface area contributed by atoms with E-state index in [1.54, 1.807) is 6.92 Å². The van der Waals surface area contributed by atoms with Crippen molar-refractivity contribution in [3.05, 3.63) is 0 Å². The van der Waals surface area contributed by atoms with Gasteiger partial charge in [0.1, 0.15) is 0 Å². The molecular formula is C7H12N2O3. The third-order valence-corrected chi connectivity index (χ3v) is 1.61. The van der Waals surface area contributed by atoms with Gasteiger partial charge in [0.15, 0.2) is 0 Å². The van der Waals surface area contributed by atoms with Gasteiger partial charge >= 0.3 is 0 Å². The van der Waals surface area contributed by atoms with Gasteiger partial charge in [0.2, 0.25) is 11.8 Å². The Labute approximate surface area is 70.4 Å². The third-order valence-electron chi connectivity index (χ3n) is 1.61. The molecule has 5 heteroatoms. The molecule has 1 saturated heterocycles. The second-order valence-corrected chi connectivity index (χ2v) is 2.90. The van der Waals surface area contributed by atoms with Crippen LogP contribution in [0.2, 0.25) is 0 Å². The summed E-state index contributed by atoms with van der Waals surface area (Å²) in [7, 11) is 0. The SMILES string of the molecule is CC(O)CN1CC(=O)NCC1=O. The van der Waals surface area contributed by atoms with E-state index in [0.717, 1.165) is 0 Å². The second kappa shape index (κ2) is 3.53. The largest absolute Gasteiger partial charge is 0.392 e. The lowest BCUT2D eigenvalue weighted by molar-refractivity contribution is -0.141. The van der Waals surface area contributed by atoms with Crippen LogP contribution in [0.3, 0.4) is 0 Å². The number of aliphatic hydroxyl groups excluding tert-OH is 1. The minimum Gasteiger partial charge on any atom is -0.392 e. The first-order valence-corrected chi connectivity index (χ1v) is 3.82. The maximum atomic E-state index is 11.1. The van der Waals surface area contributed by atoms with Gasteiger partial charge in [-0.05, 0) is 6.92 Å². The fourth-order valence-corrected chi connectivity index (χ4v) is 1.09. The predicted octanol–water partition coefficient (Wildman–Crippen LogP) is -1.67. The van der Waals surface area contributed by atoms with Crippen molar-refractivity contribution in [1.29, 1.82) is 0 Å². The van der Waals surface area contributed by atoms with Crippen LogP contribution in [0.25, 0.3) is 0 Å². The smallest absolute Gasteiger partial charge is 0.242 e. The molecule has 0 aromatic rings. The molecule has 68 valence electrons. The van der Waals surface area contributed by atoms with Crippen LogP contribution in [0.1, 0.15) is 6.92 Å². The molecule has 2 N–H and O–H groups in total. The molecule has 0 aromatic carbocycles. The Morgan fingerprint density at radius 1 is 1.67 bits per heavy atom. The molecule has 1 atom stereocenters. The average Bonchev–Trinajstić information content (AvgIpc) is 1.96. The third kappa shape index (κ3) is 2.20. The van der Waals surface area contributed by atoms with Crippen LogP contribution in [-0.4, -0.2) is 47.6 Å². The molecule has 0 radical (unpaired) electrons. The number of hydrogen-bond donors (Lipinski definition) is 2. The first kappa shape index (κ1) is 8.99. The number of nitrogens with zero attached hydrogens (tertiary/aromatic N) is 1. The van der Waals surface area contributed by atoms with Crippen LogP contribution in [0.5, 0.6) is 0 Å². The summed E-state index contributed by atoms with van der Waals surface area (Å²) in [6, 6.07) is 0. The molecule has 1 fully saturated rings. The van der Waals surface area contributed by atoms with Crippen LogP contribution < -0.4 is 5.32 Å². The van der Waals surface area contributed by atoms with Crippen molar-refractivity contribution in [2.75, 3.05) is 19.6 Å². The molecule has 1 heterocycles. The molecule has 5 nitrogen and oxygen atoms in total. The monoisotopic (exact) mass is 172 g/mol. The number of nitrogens with one attached hydrogen (secondary N) is 1. The molecule has 0 aromatic heterocycles. The molecular weight excluding hydrogens is 160 g/mol. The van der Waals surface area contributed by atoms with E-state index in [1.165, 1.54) is 4.90 Å². The van der Waals surface area contributed by atoms with E-state index in [-0.39, 0.29) is 31.4 Å². The number of aliphatic hydroxyl groups is 1. The number of hydrogen-bond acceptors (Lipinski definition) is 3. The minimum absolute atomic E-state index is 0.0472. The summed E-state index contributed by atoms with van der Waals surface area (Å²) >= 11 is 0. The van der Waals surface area contributed by atoms with Crippen molar-refractivity contribution < 1.29 is 14.7 Å². The van der Waals surface area contributed by atoms with Crippen molar-refractivity contribution >= 4 is 11.8 Å². The molecule has 1 rings (SSSR count). The van der Waals surface area contributed by atoms with E-state index in [4.69, 9.17) is 5.11 Å². The van der Waals surface area contributed by atoms with Gasteiger partial charge in [-0.2, -0.15) is 0 Å². The number of rotatable bonds is 2. The number of piperazine rings is 1. The summed E-state index contributed by atoms with van der Waals surface area (Å²) in [5.41, 5.74) is 0. The zero-order valence-electron chi connectivity index (χ0n) is 6.91. The van der Waals surface area contributed by atoms with E-state index in [1.807, 2.05) is 0 Å². The van der Waals surface area contributed by atoms with Crippen molar-refractivity contribution in [3.8, 4) is 0 Å². The van der Waals surface area contributed by atoms with Gasteiger partial charge < -0.3 is 15.3 Å².